The number of hydrogen-bond acceptors (Lipinski definition) is 4. The summed E-state index contributed by atoms with van der Waals surface area (Å²) in [5, 5.41) is 9.04. The molecule has 0 aliphatic rings. The molecule has 0 atom stereocenters. The highest BCUT2D eigenvalue weighted by molar-refractivity contribution is 5.80. The van der Waals surface area contributed by atoms with E-state index in [2.05, 4.69) is 5.16 Å². The van der Waals surface area contributed by atoms with Crippen LogP contribution in [0.1, 0.15) is 0 Å². The van der Waals surface area contributed by atoms with Gasteiger partial charge in [-0.3, -0.25) is 0 Å². The van der Waals surface area contributed by atoms with Gasteiger partial charge in [0.15, 0.2) is 5.76 Å². The Morgan fingerprint density at radius 3 is 2.29 bits per heavy atom. The Labute approximate surface area is 178 Å². The molecule has 3 aromatic carbocycles. The molecule has 5 aromatic rings. The molecule has 0 radical (unpaired) electrons. The molecule has 0 unspecified atom stereocenters. The van der Waals surface area contributed by atoms with E-state index < -0.39 is 0 Å². The zero-order valence-corrected chi connectivity index (χ0v) is 16.7. The Bertz CT molecular complexity index is 1310. The highest BCUT2D eigenvalue weighted by Crippen LogP contribution is 2.34. The number of benzene rings is 3. The number of halogens is 1. The summed E-state index contributed by atoms with van der Waals surface area (Å²) in [6, 6.07) is 25.5. The summed E-state index contributed by atoms with van der Waals surface area (Å²) >= 11 is 0. The summed E-state index contributed by atoms with van der Waals surface area (Å²) in [7, 11) is 1.63. The summed E-state index contributed by atoms with van der Waals surface area (Å²) in [6.07, 6.45) is 1.91. The van der Waals surface area contributed by atoms with E-state index in [1.165, 1.54) is 12.1 Å². The first kappa shape index (κ1) is 18.8. The molecular formula is C25H18FN3O2. The van der Waals surface area contributed by atoms with Gasteiger partial charge in [0, 0.05) is 23.4 Å². The largest absolute Gasteiger partial charge is 0.497 e. The maximum atomic E-state index is 13.5. The normalized spacial score (nSPS) is 10.9. The minimum Gasteiger partial charge on any atom is -0.497 e. The standard InChI is InChI=1S/C25H18FN3O2/c1-30-21-13-9-17(10-14-21)24-15-23(28-31-24)22-16-29(20-5-3-2-4-6-20)27-25(22)18-7-11-19(26)12-8-18/h2-16H,1H3. The van der Waals surface area contributed by atoms with Gasteiger partial charge in [-0.2, -0.15) is 5.10 Å². The van der Waals surface area contributed by atoms with Crippen molar-refractivity contribution in [2.75, 3.05) is 7.11 Å². The van der Waals surface area contributed by atoms with Crippen molar-refractivity contribution in [3.05, 3.63) is 96.9 Å². The van der Waals surface area contributed by atoms with Crippen molar-refractivity contribution >= 4 is 0 Å². The topological polar surface area (TPSA) is 53.1 Å². The molecule has 2 aromatic heterocycles. The average Bonchev–Trinajstić information content (AvgIpc) is 3.48. The predicted octanol–water partition coefficient (Wildman–Crippen LogP) is 6.01. The number of methoxy groups -OCH3 is 1. The van der Waals surface area contributed by atoms with Crippen molar-refractivity contribution in [2.45, 2.75) is 0 Å². The van der Waals surface area contributed by atoms with Crippen LogP contribution in [0.5, 0.6) is 5.75 Å². The fourth-order valence-electron chi connectivity index (χ4n) is 3.39. The first-order chi connectivity index (χ1) is 15.2. The minimum absolute atomic E-state index is 0.295. The molecular weight excluding hydrogens is 393 g/mol. The van der Waals surface area contributed by atoms with Crippen LogP contribution in [0.3, 0.4) is 0 Å². The zero-order chi connectivity index (χ0) is 21.2. The Morgan fingerprint density at radius 2 is 1.58 bits per heavy atom. The predicted molar refractivity (Wildman–Crippen MR) is 116 cm³/mol. The average molecular weight is 411 g/mol. The van der Waals surface area contributed by atoms with Gasteiger partial charge in [0.2, 0.25) is 0 Å². The lowest BCUT2D eigenvalue weighted by atomic mass is 10.1. The summed E-state index contributed by atoms with van der Waals surface area (Å²) in [4.78, 5) is 0. The lowest BCUT2D eigenvalue weighted by molar-refractivity contribution is 0.414. The number of hydrogen-bond donors (Lipinski definition) is 0. The molecule has 0 aliphatic carbocycles. The highest BCUT2D eigenvalue weighted by Gasteiger charge is 2.18. The minimum atomic E-state index is -0.295. The molecule has 31 heavy (non-hydrogen) atoms. The quantitative estimate of drug-likeness (QED) is 0.355. The summed E-state index contributed by atoms with van der Waals surface area (Å²) in [5.74, 6) is 1.11. The summed E-state index contributed by atoms with van der Waals surface area (Å²) in [5.41, 5.74) is 4.72. The van der Waals surface area contributed by atoms with Gasteiger partial charge >= 0.3 is 0 Å². The van der Waals surface area contributed by atoms with Gasteiger partial charge in [-0.05, 0) is 60.7 Å². The molecule has 152 valence electrons. The van der Waals surface area contributed by atoms with Crippen LogP contribution in [0.4, 0.5) is 4.39 Å². The van der Waals surface area contributed by atoms with Crippen LogP contribution in [-0.2, 0) is 0 Å². The highest BCUT2D eigenvalue weighted by atomic mass is 19.1. The van der Waals surface area contributed by atoms with Crippen LogP contribution in [-0.4, -0.2) is 22.0 Å². The fraction of sp³-hybridized carbons (Fsp3) is 0.0400. The van der Waals surface area contributed by atoms with Gasteiger partial charge in [-0.15, -0.1) is 0 Å². The van der Waals surface area contributed by atoms with Gasteiger partial charge in [0.05, 0.1) is 18.4 Å². The smallest absolute Gasteiger partial charge is 0.167 e. The molecule has 5 nitrogen and oxygen atoms in total. The molecule has 0 aliphatic heterocycles. The number of ether oxygens (including phenoxy) is 1. The Kier molecular flexibility index (Phi) is 4.80. The Morgan fingerprint density at radius 1 is 0.871 bits per heavy atom. The molecule has 2 heterocycles. The fourth-order valence-corrected chi connectivity index (χ4v) is 3.39. The van der Waals surface area contributed by atoms with Gasteiger partial charge < -0.3 is 9.26 Å². The molecule has 5 rings (SSSR count). The van der Waals surface area contributed by atoms with Gasteiger partial charge in [0.1, 0.15) is 23.0 Å². The van der Waals surface area contributed by atoms with Crippen LogP contribution in [0, 0.1) is 5.82 Å². The van der Waals surface area contributed by atoms with Crippen molar-refractivity contribution in [1.29, 1.82) is 0 Å². The van der Waals surface area contributed by atoms with E-state index in [1.54, 1.807) is 23.9 Å². The molecule has 0 N–H and O–H groups in total. The Hall–Kier alpha value is -4.19. The molecule has 0 bridgehead atoms. The lowest BCUT2D eigenvalue weighted by Crippen LogP contribution is -1.94. The van der Waals surface area contributed by atoms with Crippen LogP contribution in [0.15, 0.2) is 95.6 Å². The van der Waals surface area contributed by atoms with Crippen LogP contribution < -0.4 is 4.74 Å². The third-order valence-corrected chi connectivity index (χ3v) is 5.01. The van der Waals surface area contributed by atoms with E-state index in [1.807, 2.05) is 66.9 Å². The SMILES string of the molecule is COc1ccc(-c2cc(-c3cn(-c4ccccc4)nc3-c3ccc(F)cc3)no2)cc1. The third-order valence-electron chi connectivity index (χ3n) is 5.01. The maximum absolute atomic E-state index is 13.5. The Balaban J connectivity index is 1.60. The monoisotopic (exact) mass is 411 g/mol. The maximum Gasteiger partial charge on any atom is 0.167 e. The van der Waals surface area contributed by atoms with E-state index in [0.717, 1.165) is 28.1 Å². The molecule has 0 saturated heterocycles. The third kappa shape index (κ3) is 3.71. The lowest BCUT2D eigenvalue weighted by Gasteiger charge is -2.00. The van der Waals surface area contributed by atoms with Crippen molar-refractivity contribution < 1.29 is 13.7 Å². The molecule has 0 amide bonds. The zero-order valence-electron chi connectivity index (χ0n) is 16.7. The molecule has 0 fully saturated rings. The van der Waals surface area contributed by atoms with Crippen molar-refractivity contribution in [1.82, 2.24) is 14.9 Å². The molecule has 0 spiro atoms. The first-order valence-electron chi connectivity index (χ1n) is 9.74. The van der Waals surface area contributed by atoms with Crippen molar-refractivity contribution in [2.24, 2.45) is 0 Å². The van der Waals surface area contributed by atoms with Gasteiger partial charge in [-0.1, -0.05) is 23.4 Å². The second-order valence-corrected chi connectivity index (χ2v) is 6.98. The summed E-state index contributed by atoms with van der Waals surface area (Å²) in [6.45, 7) is 0. The first-order valence-corrected chi connectivity index (χ1v) is 9.74. The van der Waals surface area contributed by atoms with Crippen molar-refractivity contribution in [3.63, 3.8) is 0 Å². The van der Waals surface area contributed by atoms with Crippen LogP contribution in [0.2, 0.25) is 0 Å². The van der Waals surface area contributed by atoms with E-state index in [4.69, 9.17) is 14.4 Å². The number of nitrogens with zero attached hydrogens (tertiary/aromatic N) is 3. The molecule has 6 heteroatoms. The van der Waals surface area contributed by atoms with E-state index in [-0.39, 0.29) is 5.82 Å². The molecule has 0 saturated carbocycles. The second kappa shape index (κ2) is 7.91. The second-order valence-electron chi connectivity index (χ2n) is 6.98. The number of para-hydroxylation sites is 1. The van der Waals surface area contributed by atoms with Gasteiger partial charge in [0.25, 0.3) is 0 Å². The van der Waals surface area contributed by atoms with Crippen LogP contribution in [0.25, 0.3) is 39.5 Å². The van der Waals surface area contributed by atoms with Gasteiger partial charge in [-0.25, -0.2) is 9.07 Å². The summed E-state index contributed by atoms with van der Waals surface area (Å²) < 4.78 is 26.1. The van der Waals surface area contributed by atoms with Crippen LogP contribution >= 0.6 is 0 Å². The van der Waals surface area contributed by atoms with Crippen molar-refractivity contribution in [3.8, 4) is 45.3 Å². The van der Waals surface area contributed by atoms with E-state index in [9.17, 15) is 4.39 Å². The van der Waals surface area contributed by atoms with E-state index in [0.29, 0.717) is 17.1 Å². The number of rotatable bonds is 5. The van der Waals surface area contributed by atoms with E-state index >= 15 is 0 Å². The number of aromatic nitrogens is 3.